The monoisotopic (exact) mass is 290 g/mol. The number of nitrogens with zero attached hydrogens (tertiary/aromatic N) is 4. The zero-order valence-corrected chi connectivity index (χ0v) is 12.1. The molecule has 0 N–H and O–H groups in total. The number of hydrogen-bond acceptors (Lipinski definition) is 3. The average Bonchev–Trinajstić information content (AvgIpc) is 3.11. The van der Waals surface area contributed by atoms with Crippen molar-refractivity contribution in [1.82, 2.24) is 19.2 Å². The number of hydrogen-bond donors (Lipinski definition) is 0. The number of Topliss-reactive ketones (excluding diaryl/α,β-unsaturated/α-hetero) is 1. The van der Waals surface area contributed by atoms with Crippen LogP contribution in [0.4, 0.5) is 0 Å². The van der Waals surface area contributed by atoms with Crippen LogP contribution in [0, 0.1) is 6.92 Å². The predicted molar refractivity (Wildman–Crippen MR) is 84.0 cm³/mol. The Bertz CT molecular complexity index is 979. The van der Waals surface area contributed by atoms with Crippen molar-refractivity contribution in [3.63, 3.8) is 0 Å². The number of carbonyl (C=O) groups is 1. The number of carbonyl (C=O) groups excluding carboxylic acids is 1. The molecule has 0 unspecified atom stereocenters. The van der Waals surface area contributed by atoms with Gasteiger partial charge in [0.2, 0.25) is 5.78 Å². The Morgan fingerprint density at radius 3 is 2.55 bits per heavy atom. The summed E-state index contributed by atoms with van der Waals surface area (Å²) in [6.07, 6.45) is 1.51. The van der Waals surface area contributed by atoms with Crippen molar-refractivity contribution in [2.45, 2.75) is 13.5 Å². The van der Waals surface area contributed by atoms with Crippen molar-refractivity contribution < 1.29 is 4.79 Å². The van der Waals surface area contributed by atoms with Gasteiger partial charge in [0.05, 0.1) is 17.6 Å². The average molecular weight is 290 g/mol. The number of fused-ring (bicyclic) bond motifs is 3. The fraction of sp³-hybridized carbons (Fsp3) is 0.118. The van der Waals surface area contributed by atoms with E-state index in [-0.39, 0.29) is 12.3 Å². The lowest BCUT2D eigenvalue weighted by Crippen LogP contribution is -2.10. The van der Waals surface area contributed by atoms with Crippen LogP contribution in [0.3, 0.4) is 0 Å². The number of aromatic nitrogens is 4. The highest BCUT2D eigenvalue weighted by Gasteiger charge is 2.15. The van der Waals surface area contributed by atoms with Crippen molar-refractivity contribution in [1.29, 1.82) is 0 Å². The van der Waals surface area contributed by atoms with E-state index in [9.17, 15) is 4.79 Å². The van der Waals surface area contributed by atoms with Gasteiger partial charge in [0.25, 0.3) is 0 Å². The molecule has 0 spiro atoms. The molecule has 0 radical (unpaired) electrons. The van der Waals surface area contributed by atoms with Crippen LogP contribution >= 0.6 is 0 Å². The molecule has 0 saturated carbocycles. The molecule has 0 amide bonds. The molecule has 0 saturated heterocycles. The lowest BCUT2D eigenvalue weighted by Gasteiger charge is -2.05. The minimum atomic E-state index is 0.0613. The number of rotatable bonds is 3. The first-order valence-electron chi connectivity index (χ1n) is 7.11. The third-order valence-corrected chi connectivity index (χ3v) is 3.85. The zero-order chi connectivity index (χ0) is 15.1. The van der Waals surface area contributed by atoms with Gasteiger partial charge in [-0.25, -0.2) is 0 Å². The summed E-state index contributed by atoms with van der Waals surface area (Å²) in [6.45, 7) is 2.26. The van der Waals surface area contributed by atoms with Crippen LogP contribution in [0.5, 0.6) is 0 Å². The standard InChI is InChI=1S/C17H14N4O/c1-12-6-8-13(9-7-12)16(22)10-20-14-4-2-3-5-15(14)21-17(20)18-11-19-21/h2-9,11H,10H2,1H3. The summed E-state index contributed by atoms with van der Waals surface area (Å²) in [4.78, 5) is 16.8. The first-order valence-corrected chi connectivity index (χ1v) is 7.11. The zero-order valence-electron chi connectivity index (χ0n) is 12.1. The molecule has 2 aromatic heterocycles. The van der Waals surface area contributed by atoms with Gasteiger partial charge in [0.15, 0.2) is 5.78 Å². The molecule has 2 aromatic carbocycles. The summed E-state index contributed by atoms with van der Waals surface area (Å²) in [5.41, 5.74) is 3.76. The summed E-state index contributed by atoms with van der Waals surface area (Å²) in [5.74, 6) is 0.743. The summed E-state index contributed by atoms with van der Waals surface area (Å²) >= 11 is 0. The molecule has 5 nitrogen and oxygen atoms in total. The Labute approximate surface area is 126 Å². The van der Waals surface area contributed by atoms with E-state index in [1.807, 2.05) is 60.0 Å². The van der Waals surface area contributed by atoms with E-state index in [1.165, 1.54) is 6.33 Å². The maximum Gasteiger partial charge on any atom is 0.233 e. The minimum absolute atomic E-state index is 0.0613. The molecule has 0 aliphatic heterocycles. The topological polar surface area (TPSA) is 52.2 Å². The van der Waals surface area contributed by atoms with Crippen LogP contribution in [-0.2, 0) is 6.54 Å². The van der Waals surface area contributed by atoms with Gasteiger partial charge in [0, 0.05) is 5.56 Å². The predicted octanol–water partition coefficient (Wildman–Crippen LogP) is 2.88. The third-order valence-electron chi connectivity index (χ3n) is 3.85. The SMILES string of the molecule is Cc1ccc(C(=O)Cn2c3ccccc3n3ncnc23)cc1. The van der Waals surface area contributed by atoms with Crippen LogP contribution in [0.1, 0.15) is 15.9 Å². The molecule has 108 valence electrons. The Morgan fingerprint density at radius 1 is 1.05 bits per heavy atom. The molecule has 22 heavy (non-hydrogen) atoms. The highest BCUT2D eigenvalue weighted by Crippen LogP contribution is 2.19. The summed E-state index contributed by atoms with van der Waals surface area (Å²) in [5, 5.41) is 4.23. The van der Waals surface area contributed by atoms with Crippen molar-refractivity contribution >= 4 is 22.6 Å². The van der Waals surface area contributed by atoms with E-state index in [0.717, 1.165) is 16.6 Å². The summed E-state index contributed by atoms with van der Waals surface area (Å²) in [6, 6.07) is 15.5. The van der Waals surface area contributed by atoms with Gasteiger partial charge in [-0.15, -0.1) is 0 Å². The lowest BCUT2D eigenvalue weighted by atomic mass is 10.1. The van der Waals surface area contributed by atoms with Gasteiger partial charge in [-0.2, -0.15) is 14.6 Å². The summed E-state index contributed by atoms with van der Waals surface area (Å²) < 4.78 is 3.67. The van der Waals surface area contributed by atoms with E-state index in [2.05, 4.69) is 10.1 Å². The van der Waals surface area contributed by atoms with E-state index < -0.39 is 0 Å². The molecule has 4 aromatic rings. The fourth-order valence-electron chi connectivity index (χ4n) is 2.70. The highest BCUT2D eigenvalue weighted by atomic mass is 16.1. The second kappa shape index (κ2) is 4.80. The molecule has 5 heteroatoms. The van der Waals surface area contributed by atoms with E-state index in [0.29, 0.717) is 11.3 Å². The van der Waals surface area contributed by atoms with Crippen LogP contribution in [0.15, 0.2) is 54.9 Å². The third kappa shape index (κ3) is 1.90. The first-order chi connectivity index (χ1) is 10.7. The number of benzene rings is 2. The molecule has 2 heterocycles. The number of imidazole rings is 1. The van der Waals surface area contributed by atoms with Crippen LogP contribution in [0.25, 0.3) is 16.8 Å². The van der Waals surface area contributed by atoms with Gasteiger partial charge in [-0.1, -0.05) is 42.0 Å². The van der Waals surface area contributed by atoms with E-state index >= 15 is 0 Å². The Hall–Kier alpha value is -2.95. The largest absolute Gasteiger partial charge is 0.300 e. The molecular formula is C17H14N4O. The quantitative estimate of drug-likeness (QED) is 0.545. The second-order valence-electron chi connectivity index (χ2n) is 5.34. The molecule has 0 atom stereocenters. The van der Waals surface area contributed by atoms with Crippen molar-refractivity contribution in [2.75, 3.05) is 0 Å². The molecular weight excluding hydrogens is 276 g/mol. The van der Waals surface area contributed by atoms with Gasteiger partial charge in [-0.3, -0.25) is 4.79 Å². The van der Waals surface area contributed by atoms with Gasteiger partial charge >= 0.3 is 0 Å². The maximum atomic E-state index is 12.6. The molecule has 0 aliphatic rings. The van der Waals surface area contributed by atoms with Crippen LogP contribution < -0.4 is 0 Å². The van der Waals surface area contributed by atoms with E-state index in [4.69, 9.17) is 0 Å². The Kier molecular flexibility index (Phi) is 2.79. The fourth-order valence-corrected chi connectivity index (χ4v) is 2.70. The van der Waals surface area contributed by atoms with Crippen molar-refractivity contribution in [2.24, 2.45) is 0 Å². The molecule has 4 rings (SSSR count). The number of aryl methyl sites for hydroxylation is 1. The van der Waals surface area contributed by atoms with E-state index in [1.54, 1.807) is 4.52 Å². The molecule has 0 fully saturated rings. The van der Waals surface area contributed by atoms with Gasteiger partial charge in [-0.05, 0) is 19.1 Å². The minimum Gasteiger partial charge on any atom is -0.300 e. The lowest BCUT2D eigenvalue weighted by molar-refractivity contribution is 0.0974. The van der Waals surface area contributed by atoms with Crippen molar-refractivity contribution in [3.8, 4) is 0 Å². The molecule has 0 bridgehead atoms. The Balaban J connectivity index is 1.81. The normalized spacial score (nSPS) is 11.3. The maximum absolute atomic E-state index is 12.6. The second-order valence-corrected chi connectivity index (χ2v) is 5.34. The van der Waals surface area contributed by atoms with Crippen molar-refractivity contribution in [3.05, 3.63) is 66.0 Å². The summed E-state index contributed by atoms with van der Waals surface area (Å²) in [7, 11) is 0. The highest BCUT2D eigenvalue weighted by molar-refractivity contribution is 5.97. The molecule has 0 aliphatic carbocycles. The number of para-hydroxylation sites is 2. The van der Waals surface area contributed by atoms with Gasteiger partial charge in [0.1, 0.15) is 6.33 Å². The Morgan fingerprint density at radius 2 is 1.77 bits per heavy atom. The van der Waals surface area contributed by atoms with Crippen LogP contribution in [-0.4, -0.2) is 24.9 Å². The number of ketones is 1. The smallest absolute Gasteiger partial charge is 0.233 e. The van der Waals surface area contributed by atoms with Gasteiger partial charge < -0.3 is 4.57 Å². The van der Waals surface area contributed by atoms with Crippen LogP contribution in [0.2, 0.25) is 0 Å². The first kappa shape index (κ1) is 12.8.